The lowest BCUT2D eigenvalue weighted by Crippen LogP contribution is -2.47. The van der Waals surface area contributed by atoms with Crippen molar-refractivity contribution in [1.82, 2.24) is 5.32 Å². The fourth-order valence-corrected chi connectivity index (χ4v) is 4.08. The molecule has 1 atom stereocenters. The molecule has 1 fully saturated rings. The van der Waals surface area contributed by atoms with E-state index in [1.54, 1.807) is 27.0 Å². The number of nitrogens with one attached hydrogen (secondary N) is 1. The summed E-state index contributed by atoms with van der Waals surface area (Å²) in [5.74, 6) is -0.287. The third-order valence-corrected chi connectivity index (χ3v) is 5.73. The Hall–Kier alpha value is -2.54. The van der Waals surface area contributed by atoms with Crippen molar-refractivity contribution >= 4 is 11.9 Å². The fraction of sp³-hybridized carbons (Fsp3) is 0.567. The number of aliphatic imine (C=N–C) groups is 1. The van der Waals surface area contributed by atoms with Crippen molar-refractivity contribution in [1.29, 1.82) is 0 Å². The number of aryl methyl sites for hydroxylation is 1. The highest BCUT2D eigenvalue weighted by molar-refractivity contribution is 5.82. The van der Waals surface area contributed by atoms with Gasteiger partial charge in [0, 0.05) is 51.2 Å². The quantitative estimate of drug-likeness (QED) is 0.258. The van der Waals surface area contributed by atoms with Crippen molar-refractivity contribution in [3.05, 3.63) is 65.9 Å². The van der Waals surface area contributed by atoms with Crippen LogP contribution in [0.15, 0.2) is 65.3 Å². The molecule has 0 amide bonds. The van der Waals surface area contributed by atoms with Gasteiger partial charge in [-0.1, -0.05) is 58.6 Å². The first-order chi connectivity index (χ1) is 17.5. The van der Waals surface area contributed by atoms with E-state index in [1.165, 1.54) is 69.0 Å². The summed E-state index contributed by atoms with van der Waals surface area (Å²) in [4.78, 5) is 6.33. The van der Waals surface area contributed by atoms with Gasteiger partial charge in [0.2, 0.25) is 0 Å². The van der Waals surface area contributed by atoms with Gasteiger partial charge in [-0.15, -0.1) is 0 Å². The number of hydrogen-bond donors (Lipinski definition) is 2. The minimum atomic E-state index is -4.70. The Bertz CT molecular complexity index is 869. The number of anilines is 1. The van der Waals surface area contributed by atoms with Gasteiger partial charge >= 0.3 is 6.18 Å². The Balaban J connectivity index is 0.000000724. The molecular weight excluding hydrogens is 475 g/mol. The molecule has 1 aliphatic heterocycles. The summed E-state index contributed by atoms with van der Waals surface area (Å²) >= 11 is 0. The second-order valence-corrected chi connectivity index (χ2v) is 9.40. The molecule has 1 unspecified atom stereocenters. The number of piperidine rings is 1. The molecule has 0 spiro atoms. The Labute approximate surface area is 223 Å². The van der Waals surface area contributed by atoms with E-state index in [0.29, 0.717) is 5.57 Å². The van der Waals surface area contributed by atoms with Gasteiger partial charge in [0.05, 0.1) is 0 Å². The summed E-state index contributed by atoms with van der Waals surface area (Å²) in [6, 6.07) is 8.82. The number of nitrogens with zero attached hydrogens (tertiary/aromatic N) is 2. The number of rotatable bonds is 9. The highest BCUT2D eigenvalue weighted by atomic mass is 19.4. The number of halogens is 3. The molecule has 0 aliphatic carbocycles. The van der Waals surface area contributed by atoms with Crippen LogP contribution in [0.4, 0.5) is 18.9 Å². The minimum absolute atomic E-state index is 0.272. The van der Waals surface area contributed by atoms with Gasteiger partial charge in [0.1, 0.15) is 0 Å². The summed E-state index contributed by atoms with van der Waals surface area (Å²) in [5.41, 5.74) is 0.866. The van der Waals surface area contributed by atoms with E-state index in [-0.39, 0.29) is 18.0 Å². The molecule has 0 radical (unpaired) electrons. The van der Waals surface area contributed by atoms with E-state index in [4.69, 9.17) is 0 Å². The third kappa shape index (κ3) is 13.0. The molecule has 0 aromatic heterocycles. The molecule has 210 valence electrons. The predicted molar refractivity (Wildman–Crippen MR) is 154 cm³/mol. The molecule has 7 heteroatoms. The molecule has 2 N–H and O–H groups in total. The average molecular weight is 524 g/mol. The van der Waals surface area contributed by atoms with Crippen LogP contribution in [0, 0.1) is 12.8 Å². The first-order valence-corrected chi connectivity index (χ1v) is 13.2. The minimum Gasteiger partial charge on any atom is -0.391 e. The predicted octanol–water partition coefficient (Wildman–Crippen LogP) is 7.64. The summed E-state index contributed by atoms with van der Waals surface area (Å²) < 4.78 is 39.7. The zero-order valence-electron chi connectivity index (χ0n) is 23.8. The molecule has 0 bridgehead atoms. The van der Waals surface area contributed by atoms with Gasteiger partial charge in [-0.3, -0.25) is 4.99 Å². The molecule has 1 saturated heterocycles. The van der Waals surface area contributed by atoms with E-state index in [1.807, 2.05) is 13.8 Å². The maximum absolute atomic E-state index is 13.2. The van der Waals surface area contributed by atoms with E-state index in [9.17, 15) is 18.3 Å². The third-order valence-electron chi connectivity index (χ3n) is 5.73. The monoisotopic (exact) mass is 523 g/mol. The summed E-state index contributed by atoms with van der Waals surface area (Å²) in [7, 11) is 3.08. The Kier molecular flexibility index (Phi) is 16.6. The summed E-state index contributed by atoms with van der Waals surface area (Å²) in [5, 5.41) is 12.8. The standard InChI is InChI=1S/C16H25F3N2O.C12H17N.C2H6/c1-6-7-13(11-20-4)8-14(21-5)10-15(22,9-12(2)3)16(17,18)19;1-11-6-5-7-12(10-11)13-8-3-2-4-9-13;1-2/h6-8,11-12,21-22H,1,9-10H2,2-5H3;5-7,10H,2-4,8-9H2,1H3;1-2H3/b13-7-,14-8-,20-11?;;. The summed E-state index contributed by atoms with van der Waals surface area (Å²) in [6.07, 6.45) is 4.68. The lowest BCUT2D eigenvalue weighted by molar-refractivity contribution is -0.265. The van der Waals surface area contributed by atoms with Gasteiger partial charge in [0.15, 0.2) is 5.60 Å². The second kappa shape index (κ2) is 17.8. The highest BCUT2D eigenvalue weighted by Crippen LogP contribution is 2.39. The Morgan fingerprint density at radius 2 is 1.81 bits per heavy atom. The lowest BCUT2D eigenvalue weighted by atomic mass is 9.87. The van der Waals surface area contributed by atoms with Gasteiger partial charge in [-0.05, 0) is 67.9 Å². The maximum Gasteiger partial charge on any atom is 0.417 e. The Morgan fingerprint density at radius 1 is 1.19 bits per heavy atom. The van der Waals surface area contributed by atoms with Crippen molar-refractivity contribution in [2.75, 3.05) is 32.1 Å². The summed E-state index contributed by atoms with van der Waals surface area (Å²) in [6.45, 7) is 15.5. The largest absolute Gasteiger partial charge is 0.417 e. The normalized spacial score (nSPS) is 16.4. The van der Waals surface area contributed by atoms with Gasteiger partial charge in [-0.25, -0.2) is 0 Å². The highest BCUT2D eigenvalue weighted by Gasteiger charge is 2.53. The molecule has 4 nitrogen and oxygen atoms in total. The number of aliphatic hydroxyl groups is 1. The number of hydrogen-bond acceptors (Lipinski definition) is 4. The Morgan fingerprint density at radius 3 is 2.27 bits per heavy atom. The van der Waals surface area contributed by atoms with Gasteiger partial charge < -0.3 is 15.3 Å². The fourth-order valence-electron chi connectivity index (χ4n) is 4.08. The molecule has 0 saturated carbocycles. The van der Waals surface area contributed by atoms with Crippen LogP contribution in [0.5, 0.6) is 0 Å². The molecule has 1 aromatic carbocycles. The lowest BCUT2D eigenvalue weighted by Gasteiger charge is -2.33. The zero-order valence-corrected chi connectivity index (χ0v) is 23.8. The van der Waals surface area contributed by atoms with Crippen LogP contribution in [-0.4, -0.2) is 50.3 Å². The van der Waals surface area contributed by atoms with Crippen molar-refractivity contribution in [2.45, 2.75) is 78.5 Å². The zero-order chi connectivity index (χ0) is 28.5. The smallest absolute Gasteiger partial charge is 0.391 e. The molecule has 2 rings (SSSR count). The average Bonchev–Trinajstić information content (AvgIpc) is 2.85. The van der Waals surface area contributed by atoms with Gasteiger partial charge in [0.25, 0.3) is 0 Å². The number of benzene rings is 1. The first kappa shape index (κ1) is 34.5. The molecule has 1 aromatic rings. The molecule has 1 aliphatic rings. The molecule has 37 heavy (non-hydrogen) atoms. The van der Waals surface area contributed by atoms with E-state index in [2.05, 4.69) is 53.0 Å². The van der Waals surface area contributed by atoms with Crippen LogP contribution in [0.1, 0.15) is 65.4 Å². The van der Waals surface area contributed by atoms with Crippen LogP contribution in [-0.2, 0) is 0 Å². The van der Waals surface area contributed by atoms with Crippen LogP contribution in [0.2, 0.25) is 0 Å². The topological polar surface area (TPSA) is 47.9 Å². The number of allylic oxidation sites excluding steroid dienone is 4. The van der Waals surface area contributed by atoms with Crippen molar-refractivity contribution < 1.29 is 18.3 Å². The van der Waals surface area contributed by atoms with Crippen molar-refractivity contribution in [2.24, 2.45) is 10.9 Å². The van der Waals surface area contributed by atoms with Crippen LogP contribution in [0.25, 0.3) is 0 Å². The van der Waals surface area contributed by atoms with Crippen LogP contribution < -0.4 is 10.2 Å². The number of alkyl halides is 3. The SMILES string of the molecule is C=C/C=C(C=NC)/C=C(/CC(O)(CC(C)C)C(F)(F)F)NC.CC.Cc1cccc(N2CCCCC2)c1. The van der Waals surface area contributed by atoms with E-state index in [0.717, 1.165) is 0 Å². The first-order valence-electron chi connectivity index (χ1n) is 13.2. The van der Waals surface area contributed by atoms with Crippen LogP contribution >= 0.6 is 0 Å². The van der Waals surface area contributed by atoms with Crippen LogP contribution in [0.3, 0.4) is 0 Å². The van der Waals surface area contributed by atoms with Crippen molar-refractivity contribution in [3.8, 4) is 0 Å². The van der Waals surface area contributed by atoms with Crippen molar-refractivity contribution in [3.63, 3.8) is 0 Å². The van der Waals surface area contributed by atoms with E-state index < -0.39 is 18.2 Å². The molecular formula is C30H48F3N3O. The maximum atomic E-state index is 13.2. The second-order valence-electron chi connectivity index (χ2n) is 9.40. The van der Waals surface area contributed by atoms with E-state index >= 15 is 0 Å². The molecule has 1 heterocycles. The van der Waals surface area contributed by atoms with Gasteiger partial charge in [-0.2, -0.15) is 13.2 Å².